The third-order valence-corrected chi connectivity index (χ3v) is 4.87. The van der Waals surface area contributed by atoms with Gasteiger partial charge in [0.15, 0.2) is 0 Å². The summed E-state index contributed by atoms with van der Waals surface area (Å²) in [5.74, 6) is 0.724. The van der Waals surface area contributed by atoms with Crippen molar-refractivity contribution in [1.29, 1.82) is 0 Å². The topological polar surface area (TPSA) is 51.2 Å². The Kier molecular flexibility index (Phi) is 5.65. The number of nitrogens with one attached hydrogen (secondary N) is 1. The number of thiazole rings is 1. The number of aromatic nitrogens is 1. The average molecular weight is 346 g/mol. The van der Waals surface area contributed by atoms with Gasteiger partial charge in [0.1, 0.15) is 10.6 Å². The molecule has 2 aromatic rings. The zero-order valence-electron chi connectivity index (χ0n) is 15.2. The van der Waals surface area contributed by atoms with Crippen molar-refractivity contribution in [3.8, 4) is 5.75 Å². The van der Waals surface area contributed by atoms with Gasteiger partial charge in [-0.3, -0.25) is 4.79 Å². The minimum absolute atomic E-state index is 0.0443. The lowest BCUT2D eigenvalue weighted by molar-refractivity contribution is 0.0943. The van der Waals surface area contributed by atoms with Gasteiger partial charge in [0.25, 0.3) is 5.91 Å². The van der Waals surface area contributed by atoms with E-state index >= 15 is 0 Å². The summed E-state index contributed by atoms with van der Waals surface area (Å²) < 4.78 is 5.71. The van der Waals surface area contributed by atoms with Crippen LogP contribution in [0.3, 0.4) is 0 Å². The molecule has 0 saturated heterocycles. The third kappa shape index (κ3) is 4.81. The molecular weight excluding hydrogens is 320 g/mol. The molecule has 130 valence electrons. The van der Waals surface area contributed by atoms with Crippen molar-refractivity contribution in [2.24, 2.45) is 0 Å². The Balaban J connectivity index is 2.07. The average Bonchev–Trinajstić information content (AvgIpc) is 2.96. The maximum atomic E-state index is 12.5. The Morgan fingerprint density at radius 1 is 1.25 bits per heavy atom. The van der Waals surface area contributed by atoms with E-state index in [4.69, 9.17) is 4.74 Å². The first-order valence-corrected chi connectivity index (χ1v) is 9.02. The highest BCUT2D eigenvalue weighted by molar-refractivity contribution is 7.13. The molecule has 0 aliphatic rings. The largest absolute Gasteiger partial charge is 0.491 e. The van der Waals surface area contributed by atoms with Gasteiger partial charge >= 0.3 is 0 Å². The number of hydrogen-bond donors (Lipinski definition) is 1. The number of carbonyl (C=O) groups excluding carboxylic acids is 1. The third-order valence-electron chi connectivity index (χ3n) is 3.45. The molecule has 0 spiro atoms. The summed E-state index contributed by atoms with van der Waals surface area (Å²) in [6.45, 7) is 12.2. The molecule has 1 aromatic carbocycles. The van der Waals surface area contributed by atoms with E-state index in [1.807, 2.05) is 45.0 Å². The number of hydrogen-bond acceptors (Lipinski definition) is 4. The number of rotatable bonds is 5. The van der Waals surface area contributed by atoms with Gasteiger partial charge in [0, 0.05) is 5.41 Å². The lowest BCUT2D eigenvalue weighted by Gasteiger charge is -2.16. The Bertz CT molecular complexity index is 701. The van der Waals surface area contributed by atoms with Gasteiger partial charge < -0.3 is 10.1 Å². The van der Waals surface area contributed by atoms with E-state index in [0.29, 0.717) is 4.88 Å². The van der Waals surface area contributed by atoms with Gasteiger partial charge in [0.05, 0.1) is 23.4 Å². The summed E-state index contributed by atoms with van der Waals surface area (Å²) in [5, 5.41) is 4.00. The van der Waals surface area contributed by atoms with Crippen LogP contribution >= 0.6 is 11.3 Å². The zero-order valence-corrected chi connectivity index (χ0v) is 16.0. The Hall–Kier alpha value is -1.88. The minimum Gasteiger partial charge on any atom is -0.491 e. The molecule has 0 fully saturated rings. The fourth-order valence-electron chi connectivity index (χ4n) is 2.21. The van der Waals surface area contributed by atoms with Gasteiger partial charge in [-0.15, -0.1) is 11.3 Å². The van der Waals surface area contributed by atoms with Gasteiger partial charge in [-0.2, -0.15) is 0 Å². The molecule has 24 heavy (non-hydrogen) atoms. The van der Waals surface area contributed by atoms with Crippen LogP contribution in [0.25, 0.3) is 0 Å². The molecule has 5 heteroatoms. The fourth-order valence-corrected chi connectivity index (χ4v) is 3.08. The number of benzene rings is 1. The van der Waals surface area contributed by atoms with Crippen LogP contribution in [0.2, 0.25) is 0 Å². The first kappa shape index (κ1) is 18.5. The highest BCUT2D eigenvalue weighted by Gasteiger charge is 2.21. The number of carbonyl (C=O) groups is 1. The summed E-state index contributed by atoms with van der Waals surface area (Å²) in [7, 11) is 0. The number of amides is 1. The molecular formula is C19H26N2O2S. The standard InChI is InChI=1S/C19H26N2O2S/c1-12(2)23-15-9-7-8-14(10-15)13(3)21-17(22)16-11-20-18(24-16)19(4,5)6/h7-13H,1-6H3,(H,21,22). The molecule has 4 nitrogen and oxygen atoms in total. The molecule has 0 aliphatic carbocycles. The van der Waals surface area contributed by atoms with Gasteiger partial charge in [0.2, 0.25) is 0 Å². The van der Waals surface area contributed by atoms with E-state index in [-0.39, 0.29) is 23.5 Å². The van der Waals surface area contributed by atoms with E-state index in [1.54, 1.807) is 6.20 Å². The van der Waals surface area contributed by atoms with E-state index in [9.17, 15) is 4.79 Å². The molecule has 0 saturated carbocycles. The number of nitrogens with zero attached hydrogens (tertiary/aromatic N) is 1. The molecule has 0 aliphatic heterocycles. The first-order chi connectivity index (χ1) is 11.2. The molecule has 1 atom stereocenters. The van der Waals surface area contributed by atoms with Gasteiger partial charge in [-0.25, -0.2) is 4.98 Å². The maximum Gasteiger partial charge on any atom is 0.263 e. The van der Waals surface area contributed by atoms with Gasteiger partial charge in [-0.05, 0) is 38.5 Å². The predicted molar refractivity (Wildman–Crippen MR) is 98.9 cm³/mol. The molecule has 1 heterocycles. The molecule has 2 rings (SSSR count). The van der Waals surface area contributed by atoms with E-state index < -0.39 is 0 Å². The van der Waals surface area contributed by atoms with E-state index in [1.165, 1.54) is 11.3 Å². The lowest BCUT2D eigenvalue weighted by atomic mass is 9.98. The summed E-state index contributed by atoms with van der Waals surface area (Å²) >= 11 is 1.45. The molecule has 1 amide bonds. The van der Waals surface area contributed by atoms with Crippen LogP contribution in [0, 0.1) is 0 Å². The van der Waals surface area contributed by atoms with Crippen molar-refractivity contribution in [1.82, 2.24) is 10.3 Å². The predicted octanol–water partition coefficient (Wildman–Crippen LogP) is 4.72. The molecule has 1 N–H and O–H groups in total. The Labute approximate surface area is 148 Å². The Morgan fingerprint density at radius 2 is 1.96 bits per heavy atom. The minimum atomic E-state index is -0.103. The first-order valence-electron chi connectivity index (χ1n) is 8.20. The lowest BCUT2D eigenvalue weighted by Crippen LogP contribution is -2.26. The molecule has 1 unspecified atom stereocenters. The van der Waals surface area contributed by atoms with Gasteiger partial charge in [-0.1, -0.05) is 32.9 Å². The van der Waals surface area contributed by atoms with Crippen LogP contribution in [-0.2, 0) is 5.41 Å². The number of ether oxygens (including phenoxy) is 1. The van der Waals surface area contributed by atoms with Crippen LogP contribution in [0.1, 0.15) is 67.8 Å². The van der Waals surface area contributed by atoms with Crippen molar-refractivity contribution in [3.05, 3.63) is 45.9 Å². The van der Waals surface area contributed by atoms with Crippen molar-refractivity contribution < 1.29 is 9.53 Å². The van der Waals surface area contributed by atoms with Crippen molar-refractivity contribution >= 4 is 17.2 Å². The SMILES string of the molecule is CC(C)Oc1cccc(C(C)NC(=O)c2cnc(C(C)(C)C)s2)c1. The van der Waals surface area contributed by atoms with Crippen LogP contribution in [0.15, 0.2) is 30.5 Å². The quantitative estimate of drug-likeness (QED) is 0.852. The molecule has 1 aromatic heterocycles. The van der Waals surface area contributed by atoms with Crippen LogP contribution in [-0.4, -0.2) is 17.0 Å². The summed E-state index contributed by atoms with van der Waals surface area (Å²) in [6, 6.07) is 7.73. The second kappa shape index (κ2) is 7.34. The Morgan fingerprint density at radius 3 is 2.54 bits per heavy atom. The van der Waals surface area contributed by atoms with Crippen molar-refractivity contribution in [2.75, 3.05) is 0 Å². The van der Waals surface area contributed by atoms with E-state index in [2.05, 4.69) is 31.1 Å². The summed E-state index contributed by atoms with van der Waals surface area (Å²) in [5.41, 5.74) is 0.971. The zero-order chi connectivity index (χ0) is 17.9. The maximum absolute atomic E-state index is 12.5. The second-order valence-electron chi connectivity index (χ2n) is 7.21. The van der Waals surface area contributed by atoms with Crippen LogP contribution in [0.5, 0.6) is 5.75 Å². The summed E-state index contributed by atoms with van der Waals surface area (Å²) in [4.78, 5) is 17.5. The van der Waals surface area contributed by atoms with Crippen molar-refractivity contribution in [3.63, 3.8) is 0 Å². The highest BCUT2D eigenvalue weighted by atomic mass is 32.1. The van der Waals surface area contributed by atoms with Crippen LogP contribution < -0.4 is 10.1 Å². The summed E-state index contributed by atoms with van der Waals surface area (Å²) in [6.07, 6.45) is 1.78. The normalized spacial score (nSPS) is 13.0. The fraction of sp³-hybridized carbons (Fsp3) is 0.474. The van der Waals surface area contributed by atoms with Crippen LogP contribution in [0.4, 0.5) is 0 Å². The highest BCUT2D eigenvalue weighted by Crippen LogP contribution is 2.27. The van der Waals surface area contributed by atoms with Crippen molar-refractivity contribution in [2.45, 2.75) is 59.1 Å². The smallest absolute Gasteiger partial charge is 0.263 e. The molecule has 0 radical (unpaired) electrons. The van der Waals surface area contributed by atoms with E-state index in [0.717, 1.165) is 16.3 Å². The second-order valence-corrected chi connectivity index (χ2v) is 8.24. The molecule has 0 bridgehead atoms. The monoisotopic (exact) mass is 346 g/mol.